The van der Waals surface area contributed by atoms with Gasteiger partial charge in [-0.2, -0.15) is 0 Å². The number of anilines is 1. The van der Waals surface area contributed by atoms with E-state index < -0.39 is 0 Å². The molecule has 3 rings (SSSR count). The van der Waals surface area contributed by atoms with Crippen LogP contribution in [-0.2, 0) is 6.42 Å². The zero-order valence-corrected chi connectivity index (χ0v) is 10.5. The van der Waals surface area contributed by atoms with E-state index in [1.807, 2.05) is 12.1 Å². The summed E-state index contributed by atoms with van der Waals surface area (Å²) < 4.78 is 0. The summed E-state index contributed by atoms with van der Waals surface area (Å²) in [5.74, 6) is 0. The predicted molar refractivity (Wildman–Crippen MR) is 72.7 cm³/mol. The van der Waals surface area contributed by atoms with Crippen molar-refractivity contribution in [1.29, 1.82) is 0 Å². The van der Waals surface area contributed by atoms with Crippen LogP contribution in [0.2, 0.25) is 5.02 Å². The lowest BCUT2D eigenvalue weighted by Gasteiger charge is -2.12. The molecule has 0 radical (unpaired) electrons. The van der Waals surface area contributed by atoms with E-state index in [2.05, 4.69) is 42.6 Å². The van der Waals surface area contributed by atoms with Crippen molar-refractivity contribution in [3.63, 3.8) is 0 Å². The average molecular weight is 244 g/mol. The molecular weight excluding hydrogens is 230 g/mol. The Balaban J connectivity index is 1.91. The molecule has 1 atom stereocenters. The van der Waals surface area contributed by atoms with Crippen molar-refractivity contribution >= 4 is 17.3 Å². The molecule has 0 aliphatic carbocycles. The molecule has 2 aromatic carbocycles. The summed E-state index contributed by atoms with van der Waals surface area (Å²) in [6.07, 6.45) is 1.05. The Morgan fingerprint density at radius 1 is 1.12 bits per heavy atom. The Kier molecular flexibility index (Phi) is 2.56. The van der Waals surface area contributed by atoms with Gasteiger partial charge in [0.25, 0.3) is 0 Å². The molecule has 1 heterocycles. The third kappa shape index (κ3) is 1.91. The molecule has 1 aliphatic rings. The average Bonchev–Trinajstić information content (AvgIpc) is 2.75. The van der Waals surface area contributed by atoms with Gasteiger partial charge in [0.15, 0.2) is 0 Å². The Morgan fingerprint density at radius 3 is 2.59 bits per heavy atom. The molecule has 0 saturated carbocycles. The molecule has 1 unspecified atom stereocenters. The van der Waals surface area contributed by atoms with Crippen LogP contribution < -0.4 is 5.32 Å². The third-order valence-corrected chi connectivity index (χ3v) is 3.63. The van der Waals surface area contributed by atoms with Crippen LogP contribution in [0.15, 0.2) is 42.5 Å². The van der Waals surface area contributed by atoms with Crippen LogP contribution in [0.3, 0.4) is 0 Å². The molecular formula is C15H14ClN. The van der Waals surface area contributed by atoms with Crippen molar-refractivity contribution in [3.05, 3.63) is 64.2 Å². The van der Waals surface area contributed by atoms with Crippen LogP contribution in [0, 0.1) is 6.92 Å². The first kappa shape index (κ1) is 10.7. The Morgan fingerprint density at radius 2 is 1.88 bits per heavy atom. The molecule has 0 bridgehead atoms. The van der Waals surface area contributed by atoms with Gasteiger partial charge in [0.1, 0.15) is 0 Å². The number of hydrogen-bond acceptors (Lipinski definition) is 1. The van der Waals surface area contributed by atoms with Crippen LogP contribution in [0.1, 0.15) is 22.7 Å². The SMILES string of the molecule is Cc1cccc2c1NC(c1ccc(Cl)cc1)C2. The highest BCUT2D eigenvalue weighted by Crippen LogP contribution is 2.36. The van der Waals surface area contributed by atoms with E-state index in [0.717, 1.165) is 11.4 Å². The molecule has 17 heavy (non-hydrogen) atoms. The molecule has 2 heteroatoms. The maximum absolute atomic E-state index is 5.91. The lowest BCUT2D eigenvalue weighted by atomic mass is 10.0. The Bertz CT molecular complexity index is 545. The Labute approximate surface area is 106 Å². The first-order valence-electron chi connectivity index (χ1n) is 5.84. The zero-order chi connectivity index (χ0) is 11.8. The van der Waals surface area contributed by atoms with Gasteiger partial charge in [-0.15, -0.1) is 0 Å². The summed E-state index contributed by atoms with van der Waals surface area (Å²) in [6.45, 7) is 2.15. The van der Waals surface area contributed by atoms with Crippen LogP contribution in [0.25, 0.3) is 0 Å². The van der Waals surface area contributed by atoms with Gasteiger partial charge in [0.05, 0.1) is 6.04 Å². The third-order valence-electron chi connectivity index (χ3n) is 3.37. The monoisotopic (exact) mass is 243 g/mol. The fourth-order valence-corrected chi connectivity index (χ4v) is 2.57. The van der Waals surface area contributed by atoms with Crippen LogP contribution in [0.5, 0.6) is 0 Å². The molecule has 0 aromatic heterocycles. The zero-order valence-electron chi connectivity index (χ0n) is 9.70. The van der Waals surface area contributed by atoms with E-state index in [-0.39, 0.29) is 0 Å². The second kappa shape index (κ2) is 4.08. The maximum Gasteiger partial charge on any atom is 0.0555 e. The first-order valence-corrected chi connectivity index (χ1v) is 6.22. The number of aryl methyl sites for hydroxylation is 1. The van der Waals surface area contributed by atoms with Crippen molar-refractivity contribution in [2.75, 3.05) is 5.32 Å². The van der Waals surface area contributed by atoms with Crippen molar-refractivity contribution in [1.82, 2.24) is 0 Å². The Hall–Kier alpha value is -1.47. The molecule has 1 N–H and O–H groups in total. The summed E-state index contributed by atoms with van der Waals surface area (Å²) in [5, 5.41) is 4.39. The molecule has 86 valence electrons. The van der Waals surface area contributed by atoms with E-state index in [9.17, 15) is 0 Å². The minimum Gasteiger partial charge on any atom is -0.377 e. The maximum atomic E-state index is 5.91. The van der Waals surface area contributed by atoms with Gasteiger partial charge in [-0.05, 0) is 42.2 Å². The molecule has 1 aliphatic heterocycles. The molecule has 0 fully saturated rings. The van der Waals surface area contributed by atoms with Gasteiger partial charge >= 0.3 is 0 Å². The first-order chi connectivity index (χ1) is 8.24. The van der Waals surface area contributed by atoms with E-state index >= 15 is 0 Å². The fourth-order valence-electron chi connectivity index (χ4n) is 2.45. The number of hydrogen-bond donors (Lipinski definition) is 1. The van der Waals surface area contributed by atoms with Gasteiger partial charge in [-0.1, -0.05) is 41.9 Å². The summed E-state index contributed by atoms with van der Waals surface area (Å²) in [7, 11) is 0. The second-order valence-electron chi connectivity index (χ2n) is 4.56. The van der Waals surface area contributed by atoms with E-state index in [0.29, 0.717) is 6.04 Å². The number of benzene rings is 2. The minimum absolute atomic E-state index is 0.378. The number of nitrogens with one attached hydrogen (secondary N) is 1. The number of rotatable bonds is 1. The van der Waals surface area contributed by atoms with Gasteiger partial charge in [-0.25, -0.2) is 0 Å². The van der Waals surface area contributed by atoms with Gasteiger partial charge < -0.3 is 5.32 Å². The molecule has 1 nitrogen and oxygen atoms in total. The van der Waals surface area contributed by atoms with Crippen molar-refractivity contribution in [2.24, 2.45) is 0 Å². The van der Waals surface area contributed by atoms with Crippen LogP contribution >= 0.6 is 11.6 Å². The highest BCUT2D eigenvalue weighted by Gasteiger charge is 2.22. The minimum atomic E-state index is 0.378. The quantitative estimate of drug-likeness (QED) is 0.785. The van der Waals surface area contributed by atoms with Crippen LogP contribution in [0.4, 0.5) is 5.69 Å². The lowest BCUT2D eigenvalue weighted by molar-refractivity contribution is 0.824. The fraction of sp³-hybridized carbons (Fsp3) is 0.200. The largest absolute Gasteiger partial charge is 0.377 e. The topological polar surface area (TPSA) is 12.0 Å². The number of fused-ring (bicyclic) bond motifs is 1. The lowest BCUT2D eigenvalue weighted by Crippen LogP contribution is -2.05. The normalized spacial score (nSPS) is 17.6. The van der Waals surface area contributed by atoms with Crippen molar-refractivity contribution in [3.8, 4) is 0 Å². The summed E-state index contributed by atoms with van der Waals surface area (Å²) in [6, 6.07) is 15.0. The highest BCUT2D eigenvalue weighted by atomic mass is 35.5. The molecule has 0 saturated heterocycles. The van der Waals surface area contributed by atoms with Gasteiger partial charge in [-0.3, -0.25) is 0 Å². The van der Waals surface area contributed by atoms with E-state index in [1.165, 1.54) is 22.4 Å². The standard InChI is InChI=1S/C15H14ClN/c1-10-3-2-4-12-9-14(17-15(10)12)11-5-7-13(16)8-6-11/h2-8,14,17H,9H2,1H3. The number of para-hydroxylation sites is 1. The number of halogens is 1. The van der Waals surface area contributed by atoms with E-state index in [1.54, 1.807) is 0 Å². The van der Waals surface area contributed by atoms with E-state index in [4.69, 9.17) is 11.6 Å². The van der Waals surface area contributed by atoms with Gasteiger partial charge in [0, 0.05) is 10.7 Å². The second-order valence-corrected chi connectivity index (χ2v) is 5.00. The predicted octanol–water partition coefficient (Wildman–Crippen LogP) is 4.36. The molecule has 0 amide bonds. The smallest absolute Gasteiger partial charge is 0.0555 e. The van der Waals surface area contributed by atoms with Crippen LogP contribution in [-0.4, -0.2) is 0 Å². The van der Waals surface area contributed by atoms with Crippen molar-refractivity contribution in [2.45, 2.75) is 19.4 Å². The highest BCUT2D eigenvalue weighted by molar-refractivity contribution is 6.30. The summed E-state index contributed by atoms with van der Waals surface area (Å²) in [4.78, 5) is 0. The molecule has 0 spiro atoms. The summed E-state index contributed by atoms with van der Waals surface area (Å²) in [5.41, 5.74) is 5.32. The molecule has 2 aromatic rings. The summed E-state index contributed by atoms with van der Waals surface area (Å²) >= 11 is 5.91. The van der Waals surface area contributed by atoms with Crippen molar-refractivity contribution < 1.29 is 0 Å². The van der Waals surface area contributed by atoms with Gasteiger partial charge in [0.2, 0.25) is 0 Å².